The molecular weight excluding hydrogens is 422 g/mol. The highest BCUT2D eigenvalue weighted by Gasteiger charge is 2.15. The number of H-pyrrole nitrogens is 1. The van der Waals surface area contributed by atoms with Crippen LogP contribution in [-0.4, -0.2) is 21.6 Å². The van der Waals surface area contributed by atoms with E-state index in [4.69, 9.17) is 21.4 Å². The summed E-state index contributed by atoms with van der Waals surface area (Å²) in [5.74, 6) is 1.54. The number of nitrogens with zero attached hydrogens (tertiary/aromatic N) is 1. The van der Waals surface area contributed by atoms with Gasteiger partial charge in [-0.2, -0.15) is 0 Å². The number of pyridine rings is 1. The number of hydrogen-bond donors (Lipinski definition) is 2. The van der Waals surface area contributed by atoms with Crippen LogP contribution >= 0.6 is 12.2 Å². The van der Waals surface area contributed by atoms with E-state index in [9.17, 15) is 4.79 Å². The molecule has 0 spiro atoms. The molecule has 0 radical (unpaired) electrons. The Labute approximate surface area is 191 Å². The first-order chi connectivity index (χ1) is 15.6. The summed E-state index contributed by atoms with van der Waals surface area (Å²) in [6.07, 6.45) is 1.63. The largest absolute Gasteiger partial charge is 0.494 e. The molecule has 32 heavy (non-hydrogen) atoms. The number of thiocarbonyl (C=S) groups is 1. The maximum Gasteiger partial charge on any atom is 0.253 e. The first kappa shape index (κ1) is 21.6. The molecule has 4 aromatic rings. The van der Waals surface area contributed by atoms with Crippen molar-refractivity contribution in [3.63, 3.8) is 0 Å². The van der Waals surface area contributed by atoms with Gasteiger partial charge >= 0.3 is 0 Å². The standard InChI is InChI=1S/C25H25N3O3S/c1-2-30-21-10-11-23-19(14-21)13-20(24(29)27-23)16-28(17-22-9-6-12-31-22)25(32)26-15-18-7-4-3-5-8-18/h3-14H,2,15-17H2,1H3,(H,26,32)(H,27,29). The van der Waals surface area contributed by atoms with Crippen LogP contribution < -0.4 is 15.6 Å². The number of hydrogen-bond acceptors (Lipinski definition) is 4. The molecule has 6 nitrogen and oxygen atoms in total. The summed E-state index contributed by atoms with van der Waals surface area (Å²) < 4.78 is 11.1. The Morgan fingerprint density at radius 2 is 1.94 bits per heavy atom. The second kappa shape index (κ2) is 10.2. The lowest BCUT2D eigenvalue weighted by atomic mass is 10.1. The van der Waals surface area contributed by atoms with Gasteiger partial charge in [-0.15, -0.1) is 0 Å². The minimum absolute atomic E-state index is 0.142. The molecule has 0 unspecified atom stereocenters. The number of rotatable bonds is 8. The normalized spacial score (nSPS) is 10.8. The summed E-state index contributed by atoms with van der Waals surface area (Å²) in [6.45, 7) is 3.91. The van der Waals surface area contributed by atoms with E-state index in [0.29, 0.717) is 36.9 Å². The van der Waals surface area contributed by atoms with Crippen LogP contribution in [0.5, 0.6) is 5.75 Å². The van der Waals surface area contributed by atoms with Gasteiger partial charge in [0.25, 0.3) is 5.56 Å². The van der Waals surface area contributed by atoms with E-state index in [1.54, 1.807) is 6.26 Å². The third kappa shape index (κ3) is 5.36. The topological polar surface area (TPSA) is 70.5 Å². The van der Waals surface area contributed by atoms with Gasteiger partial charge in [-0.1, -0.05) is 30.3 Å². The molecule has 2 aromatic carbocycles. The SMILES string of the molecule is CCOc1ccc2[nH]c(=O)c(CN(Cc3ccco3)C(=S)NCc3ccccc3)cc2c1. The number of benzene rings is 2. The molecule has 0 bridgehead atoms. The molecule has 2 aromatic heterocycles. The van der Waals surface area contributed by atoms with Crippen molar-refractivity contribution in [1.82, 2.24) is 15.2 Å². The maximum absolute atomic E-state index is 12.8. The van der Waals surface area contributed by atoms with Crippen molar-refractivity contribution < 1.29 is 9.15 Å². The molecule has 0 saturated carbocycles. The molecule has 0 fully saturated rings. The molecule has 2 N–H and O–H groups in total. The van der Waals surface area contributed by atoms with Crippen molar-refractivity contribution in [2.75, 3.05) is 6.61 Å². The van der Waals surface area contributed by atoms with Gasteiger partial charge in [0, 0.05) is 23.0 Å². The van der Waals surface area contributed by atoms with E-state index >= 15 is 0 Å². The maximum atomic E-state index is 12.8. The van der Waals surface area contributed by atoms with E-state index < -0.39 is 0 Å². The molecule has 0 aliphatic carbocycles. The van der Waals surface area contributed by atoms with Crippen molar-refractivity contribution >= 4 is 28.2 Å². The van der Waals surface area contributed by atoms with Crippen molar-refractivity contribution in [2.45, 2.75) is 26.6 Å². The third-order valence-electron chi connectivity index (χ3n) is 5.07. The van der Waals surface area contributed by atoms with Crippen molar-refractivity contribution in [3.05, 3.63) is 100 Å². The van der Waals surface area contributed by atoms with Gasteiger partial charge in [-0.3, -0.25) is 4.79 Å². The Hall–Kier alpha value is -3.58. The Morgan fingerprint density at radius 3 is 2.69 bits per heavy atom. The average Bonchev–Trinajstić information content (AvgIpc) is 3.32. The van der Waals surface area contributed by atoms with Crippen LogP contribution in [0.4, 0.5) is 0 Å². The molecule has 7 heteroatoms. The fourth-order valence-electron chi connectivity index (χ4n) is 3.48. The Balaban J connectivity index is 1.58. The highest BCUT2D eigenvalue weighted by molar-refractivity contribution is 7.80. The van der Waals surface area contributed by atoms with E-state index in [2.05, 4.69) is 10.3 Å². The second-order valence-corrected chi connectivity index (χ2v) is 7.77. The molecule has 164 valence electrons. The van der Waals surface area contributed by atoms with Crippen molar-refractivity contribution in [1.29, 1.82) is 0 Å². The fourth-order valence-corrected chi connectivity index (χ4v) is 3.69. The Morgan fingerprint density at radius 1 is 1.09 bits per heavy atom. The highest BCUT2D eigenvalue weighted by atomic mass is 32.1. The smallest absolute Gasteiger partial charge is 0.253 e. The van der Waals surface area contributed by atoms with Gasteiger partial charge in [0.05, 0.1) is 26.0 Å². The zero-order chi connectivity index (χ0) is 22.3. The summed E-state index contributed by atoms with van der Waals surface area (Å²) in [6, 6.07) is 21.3. The number of ether oxygens (including phenoxy) is 1. The lowest BCUT2D eigenvalue weighted by molar-refractivity contribution is 0.340. The second-order valence-electron chi connectivity index (χ2n) is 7.39. The van der Waals surface area contributed by atoms with Crippen LogP contribution in [0.25, 0.3) is 10.9 Å². The summed E-state index contributed by atoms with van der Waals surface area (Å²) in [5, 5.41) is 4.76. The van der Waals surface area contributed by atoms with Crippen LogP contribution in [0.2, 0.25) is 0 Å². The van der Waals surface area contributed by atoms with Gasteiger partial charge < -0.3 is 24.4 Å². The highest BCUT2D eigenvalue weighted by Crippen LogP contribution is 2.20. The minimum atomic E-state index is -0.142. The van der Waals surface area contributed by atoms with Crippen molar-refractivity contribution in [2.24, 2.45) is 0 Å². The van der Waals surface area contributed by atoms with E-state index in [-0.39, 0.29) is 5.56 Å². The lowest BCUT2D eigenvalue weighted by Crippen LogP contribution is -2.39. The number of nitrogens with one attached hydrogen (secondary N) is 2. The summed E-state index contributed by atoms with van der Waals surface area (Å²) >= 11 is 5.68. The van der Waals surface area contributed by atoms with Gasteiger partial charge in [0.15, 0.2) is 5.11 Å². The molecule has 0 aliphatic heterocycles. The first-order valence-electron chi connectivity index (χ1n) is 10.5. The van der Waals surface area contributed by atoms with Gasteiger partial charge in [-0.25, -0.2) is 0 Å². The fraction of sp³-hybridized carbons (Fsp3) is 0.200. The van der Waals surface area contributed by atoms with Gasteiger partial charge in [0.1, 0.15) is 11.5 Å². The quantitative estimate of drug-likeness (QED) is 0.385. The third-order valence-corrected chi connectivity index (χ3v) is 5.47. The predicted octanol–water partition coefficient (Wildman–Crippen LogP) is 4.60. The molecule has 4 rings (SSSR count). The number of aromatic amines is 1. The summed E-state index contributed by atoms with van der Waals surface area (Å²) in [7, 11) is 0. The Bertz CT molecular complexity index is 1240. The van der Waals surface area contributed by atoms with Crippen molar-refractivity contribution in [3.8, 4) is 5.75 Å². The van der Waals surface area contributed by atoms with Gasteiger partial charge in [0.2, 0.25) is 0 Å². The molecule has 0 amide bonds. The summed E-state index contributed by atoms with van der Waals surface area (Å²) in [4.78, 5) is 17.7. The van der Waals surface area contributed by atoms with E-state index in [0.717, 1.165) is 28.0 Å². The van der Waals surface area contributed by atoms with Crippen LogP contribution in [0, 0.1) is 0 Å². The average molecular weight is 448 g/mol. The predicted molar refractivity (Wildman–Crippen MR) is 130 cm³/mol. The number of fused-ring (bicyclic) bond motifs is 1. The molecule has 0 aliphatic rings. The number of furan rings is 1. The molecule has 0 saturated heterocycles. The molecule has 0 atom stereocenters. The molecule has 2 heterocycles. The lowest BCUT2D eigenvalue weighted by Gasteiger charge is -2.25. The monoisotopic (exact) mass is 447 g/mol. The molecular formula is C25H25N3O3S. The summed E-state index contributed by atoms with van der Waals surface area (Å²) in [5.41, 5.74) is 2.36. The van der Waals surface area contributed by atoms with Crippen LogP contribution in [0.15, 0.2) is 82.2 Å². The first-order valence-corrected chi connectivity index (χ1v) is 10.9. The van der Waals surface area contributed by atoms with E-state index in [1.807, 2.05) is 78.6 Å². The Kier molecular flexibility index (Phi) is 6.87. The zero-order valence-electron chi connectivity index (χ0n) is 17.8. The number of aromatic nitrogens is 1. The van der Waals surface area contributed by atoms with Crippen LogP contribution in [0.3, 0.4) is 0 Å². The zero-order valence-corrected chi connectivity index (χ0v) is 18.7. The van der Waals surface area contributed by atoms with Crippen LogP contribution in [0.1, 0.15) is 23.8 Å². The van der Waals surface area contributed by atoms with Gasteiger partial charge in [-0.05, 0) is 61.1 Å². The minimum Gasteiger partial charge on any atom is -0.494 e. The van der Waals surface area contributed by atoms with E-state index in [1.165, 1.54) is 0 Å². The van der Waals surface area contributed by atoms with Crippen LogP contribution in [-0.2, 0) is 19.6 Å².